The molecule has 1 heterocycles. The van der Waals surface area contributed by atoms with E-state index in [4.69, 9.17) is 5.11 Å². The summed E-state index contributed by atoms with van der Waals surface area (Å²) in [4.78, 5) is 13.0. The molecule has 0 bridgehead atoms. The molecule has 1 aromatic carbocycles. The molecule has 0 aliphatic heterocycles. The maximum absolute atomic E-state index is 10.6. The van der Waals surface area contributed by atoms with Crippen LogP contribution in [0, 0.1) is 13.8 Å². The highest BCUT2D eigenvalue weighted by atomic mass is 32.1. The molecule has 0 unspecified atom stereocenters. The number of amides is 1. The van der Waals surface area contributed by atoms with Crippen LogP contribution in [0.25, 0.3) is 10.4 Å². The number of carboxylic acid groups (broad SMARTS) is 1. The van der Waals surface area contributed by atoms with Crippen molar-refractivity contribution in [2.75, 3.05) is 5.32 Å². The van der Waals surface area contributed by atoms with Gasteiger partial charge in [-0.3, -0.25) is 5.32 Å². The molecule has 0 fully saturated rings. The lowest BCUT2D eigenvalue weighted by atomic mass is 10.1. The summed E-state index contributed by atoms with van der Waals surface area (Å²) in [6, 6.07) is 9.84. The number of hydrogen-bond donors (Lipinski definition) is 2. The molecule has 1 amide bonds. The van der Waals surface area contributed by atoms with E-state index in [1.54, 1.807) is 11.3 Å². The van der Waals surface area contributed by atoms with E-state index in [9.17, 15) is 4.79 Å². The fraction of sp³-hybridized carbons (Fsp3) is 0.154. The molecule has 2 aromatic rings. The summed E-state index contributed by atoms with van der Waals surface area (Å²) in [5, 5.41) is 11.1. The molecular weight excluding hydrogens is 234 g/mol. The predicted octanol–water partition coefficient (Wildman–Crippen LogP) is 4.12. The second-order valence-corrected chi connectivity index (χ2v) is 5.22. The second kappa shape index (κ2) is 4.59. The van der Waals surface area contributed by atoms with Crippen molar-refractivity contribution in [1.82, 2.24) is 0 Å². The van der Waals surface area contributed by atoms with Gasteiger partial charge in [-0.15, -0.1) is 11.3 Å². The van der Waals surface area contributed by atoms with Gasteiger partial charge in [0.1, 0.15) is 0 Å². The Balaban J connectivity index is 2.41. The van der Waals surface area contributed by atoms with E-state index in [0.29, 0.717) is 5.69 Å². The molecule has 0 aliphatic carbocycles. The van der Waals surface area contributed by atoms with Gasteiger partial charge in [-0.05, 0) is 49.2 Å². The standard InChI is InChI=1S/C13H13NO2S/c1-8-5-10(12-4-3-9(2)17-12)7-11(6-8)14-13(15)16/h3-7,14H,1-2H3,(H,15,16). The third-order valence-corrected chi connectivity index (χ3v) is 3.40. The first-order valence-electron chi connectivity index (χ1n) is 5.23. The molecule has 17 heavy (non-hydrogen) atoms. The average molecular weight is 247 g/mol. The van der Waals surface area contributed by atoms with E-state index in [1.807, 2.05) is 19.1 Å². The molecule has 4 heteroatoms. The minimum Gasteiger partial charge on any atom is -0.465 e. The van der Waals surface area contributed by atoms with Crippen LogP contribution in [0.5, 0.6) is 0 Å². The van der Waals surface area contributed by atoms with Crippen molar-refractivity contribution < 1.29 is 9.90 Å². The van der Waals surface area contributed by atoms with Crippen molar-refractivity contribution >= 4 is 23.1 Å². The Bertz CT molecular complexity index is 560. The quantitative estimate of drug-likeness (QED) is 0.838. The molecule has 0 atom stereocenters. The van der Waals surface area contributed by atoms with Crippen LogP contribution in [-0.2, 0) is 0 Å². The van der Waals surface area contributed by atoms with Gasteiger partial charge in [0.15, 0.2) is 0 Å². The summed E-state index contributed by atoms with van der Waals surface area (Å²) >= 11 is 1.70. The summed E-state index contributed by atoms with van der Waals surface area (Å²) in [6.45, 7) is 4.01. The number of benzene rings is 1. The number of hydrogen-bond acceptors (Lipinski definition) is 2. The Hall–Kier alpha value is -1.81. The summed E-state index contributed by atoms with van der Waals surface area (Å²) < 4.78 is 0. The summed E-state index contributed by atoms with van der Waals surface area (Å²) in [6.07, 6.45) is -1.04. The van der Waals surface area contributed by atoms with Gasteiger partial charge in [-0.1, -0.05) is 6.07 Å². The van der Waals surface area contributed by atoms with Gasteiger partial charge in [-0.25, -0.2) is 4.79 Å². The van der Waals surface area contributed by atoms with E-state index >= 15 is 0 Å². The van der Waals surface area contributed by atoms with Crippen molar-refractivity contribution in [3.63, 3.8) is 0 Å². The lowest BCUT2D eigenvalue weighted by molar-refractivity contribution is 0.210. The lowest BCUT2D eigenvalue weighted by Crippen LogP contribution is -2.07. The highest BCUT2D eigenvalue weighted by molar-refractivity contribution is 7.15. The van der Waals surface area contributed by atoms with E-state index < -0.39 is 6.09 Å². The topological polar surface area (TPSA) is 49.3 Å². The highest BCUT2D eigenvalue weighted by Gasteiger charge is 2.05. The van der Waals surface area contributed by atoms with E-state index in [-0.39, 0.29) is 0 Å². The van der Waals surface area contributed by atoms with Crippen molar-refractivity contribution in [1.29, 1.82) is 0 Å². The lowest BCUT2D eigenvalue weighted by Gasteiger charge is -2.05. The van der Waals surface area contributed by atoms with Crippen LogP contribution in [0.15, 0.2) is 30.3 Å². The van der Waals surface area contributed by atoms with Gasteiger partial charge in [0.05, 0.1) is 0 Å². The minimum atomic E-state index is -1.04. The second-order valence-electron chi connectivity index (χ2n) is 3.93. The fourth-order valence-corrected chi connectivity index (χ4v) is 2.57. The van der Waals surface area contributed by atoms with Gasteiger partial charge in [0.2, 0.25) is 0 Å². The Morgan fingerprint density at radius 1 is 1.24 bits per heavy atom. The molecule has 0 saturated heterocycles. The number of carbonyl (C=O) groups is 1. The van der Waals surface area contributed by atoms with Crippen molar-refractivity contribution in [3.8, 4) is 10.4 Å². The maximum atomic E-state index is 10.6. The molecule has 88 valence electrons. The largest absolute Gasteiger partial charge is 0.465 e. The van der Waals surface area contributed by atoms with Gasteiger partial charge in [0.25, 0.3) is 0 Å². The first kappa shape index (κ1) is 11.7. The first-order valence-corrected chi connectivity index (χ1v) is 6.05. The van der Waals surface area contributed by atoms with E-state index in [2.05, 4.69) is 30.4 Å². The number of thiophene rings is 1. The van der Waals surface area contributed by atoms with Gasteiger partial charge in [0, 0.05) is 15.4 Å². The molecule has 0 saturated carbocycles. The molecular formula is C13H13NO2S. The van der Waals surface area contributed by atoms with Gasteiger partial charge in [-0.2, -0.15) is 0 Å². The normalized spacial score (nSPS) is 10.2. The van der Waals surface area contributed by atoms with Crippen LogP contribution in [0.1, 0.15) is 10.4 Å². The zero-order valence-electron chi connectivity index (χ0n) is 9.65. The van der Waals surface area contributed by atoms with E-state index in [0.717, 1.165) is 16.0 Å². The maximum Gasteiger partial charge on any atom is 0.409 e. The monoisotopic (exact) mass is 247 g/mol. The van der Waals surface area contributed by atoms with E-state index in [1.165, 1.54) is 4.88 Å². The Labute approximate surface area is 104 Å². The summed E-state index contributed by atoms with van der Waals surface area (Å²) in [5.41, 5.74) is 2.70. The van der Waals surface area contributed by atoms with Crippen LogP contribution in [0.2, 0.25) is 0 Å². The first-order chi connectivity index (χ1) is 8.04. The number of aryl methyl sites for hydroxylation is 2. The zero-order chi connectivity index (χ0) is 12.4. The minimum absolute atomic E-state index is 0.610. The predicted molar refractivity (Wildman–Crippen MR) is 70.9 cm³/mol. The third kappa shape index (κ3) is 2.85. The third-order valence-electron chi connectivity index (χ3n) is 2.35. The van der Waals surface area contributed by atoms with Crippen molar-refractivity contribution in [3.05, 3.63) is 40.8 Å². The van der Waals surface area contributed by atoms with Crippen molar-refractivity contribution in [2.45, 2.75) is 13.8 Å². The fourth-order valence-electron chi connectivity index (χ4n) is 1.71. The molecule has 2 N–H and O–H groups in total. The van der Waals surface area contributed by atoms with Crippen LogP contribution in [0.3, 0.4) is 0 Å². The van der Waals surface area contributed by atoms with Crippen LogP contribution in [-0.4, -0.2) is 11.2 Å². The summed E-state index contributed by atoms with van der Waals surface area (Å²) in [7, 11) is 0. The SMILES string of the molecule is Cc1cc(NC(=O)O)cc(-c2ccc(C)s2)c1. The molecule has 1 aromatic heterocycles. The number of anilines is 1. The molecule has 0 radical (unpaired) electrons. The Morgan fingerprint density at radius 2 is 2.00 bits per heavy atom. The molecule has 3 nitrogen and oxygen atoms in total. The Morgan fingerprint density at radius 3 is 2.59 bits per heavy atom. The Kier molecular flexibility index (Phi) is 3.15. The zero-order valence-corrected chi connectivity index (χ0v) is 10.5. The number of nitrogens with one attached hydrogen (secondary N) is 1. The smallest absolute Gasteiger partial charge is 0.409 e. The molecule has 2 rings (SSSR count). The van der Waals surface area contributed by atoms with Gasteiger partial charge >= 0.3 is 6.09 Å². The summed E-state index contributed by atoms with van der Waals surface area (Å²) in [5.74, 6) is 0. The highest BCUT2D eigenvalue weighted by Crippen LogP contribution is 2.30. The van der Waals surface area contributed by atoms with Crippen LogP contribution in [0.4, 0.5) is 10.5 Å². The average Bonchev–Trinajstić information content (AvgIpc) is 2.62. The van der Waals surface area contributed by atoms with Crippen LogP contribution < -0.4 is 5.32 Å². The van der Waals surface area contributed by atoms with Crippen LogP contribution >= 0.6 is 11.3 Å². The molecule has 0 spiro atoms. The van der Waals surface area contributed by atoms with Gasteiger partial charge < -0.3 is 5.11 Å². The van der Waals surface area contributed by atoms with Crippen molar-refractivity contribution in [2.24, 2.45) is 0 Å². The number of rotatable bonds is 2. The molecule has 0 aliphatic rings.